The fourth-order valence-corrected chi connectivity index (χ4v) is 4.66. The standard InChI is InChI=1S/C22H21ClFN3OS/c23-20-4-2-1-3-19(20)22-26-17(14-29-22)11-21(28)25-12-15-9-10-27(13-15)18-7-5-16(24)6-8-18/h1-8,14-15H,9-13H2,(H,25,28). The van der Waals surface area contributed by atoms with Gasteiger partial charge in [-0.15, -0.1) is 11.3 Å². The van der Waals surface area contributed by atoms with E-state index in [-0.39, 0.29) is 18.1 Å². The second kappa shape index (κ2) is 8.93. The van der Waals surface area contributed by atoms with Crippen LogP contribution in [0.2, 0.25) is 5.02 Å². The Labute approximate surface area is 178 Å². The summed E-state index contributed by atoms with van der Waals surface area (Å²) >= 11 is 7.72. The minimum absolute atomic E-state index is 0.0266. The Balaban J connectivity index is 1.27. The first-order valence-corrected chi connectivity index (χ1v) is 10.8. The van der Waals surface area contributed by atoms with Gasteiger partial charge in [-0.05, 0) is 42.7 Å². The molecule has 2 aromatic carbocycles. The lowest BCUT2D eigenvalue weighted by Gasteiger charge is -2.18. The van der Waals surface area contributed by atoms with Crippen molar-refractivity contribution in [3.8, 4) is 10.6 Å². The second-order valence-corrected chi connectivity index (χ2v) is 8.45. The number of halogens is 2. The smallest absolute Gasteiger partial charge is 0.226 e. The van der Waals surface area contributed by atoms with Crippen molar-refractivity contribution in [1.29, 1.82) is 0 Å². The van der Waals surface area contributed by atoms with Gasteiger partial charge in [0.2, 0.25) is 5.91 Å². The molecule has 0 saturated carbocycles. The SMILES string of the molecule is O=C(Cc1csc(-c2ccccc2Cl)n1)NCC1CCN(c2ccc(F)cc2)C1. The molecule has 1 aromatic heterocycles. The molecule has 0 bridgehead atoms. The molecule has 4 rings (SSSR count). The van der Waals surface area contributed by atoms with Crippen LogP contribution in [0.25, 0.3) is 10.6 Å². The van der Waals surface area contributed by atoms with E-state index in [1.807, 2.05) is 29.6 Å². The molecule has 1 amide bonds. The Morgan fingerprint density at radius 1 is 1.24 bits per heavy atom. The van der Waals surface area contributed by atoms with E-state index in [2.05, 4.69) is 15.2 Å². The summed E-state index contributed by atoms with van der Waals surface area (Å²) in [6.07, 6.45) is 1.26. The molecule has 1 fully saturated rings. The van der Waals surface area contributed by atoms with Gasteiger partial charge >= 0.3 is 0 Å². The second-order valence-electron chi connectivity index (χ2n) is 7.18. The molecule has 150 valence electrons. The first-order valence-electron chi connectivity index (χ1n) is 9.55. The Hall–Kier alpha value is -2.44. The number of nitrogens with zero attached hydrogens (tertiary/aromatic N) is 2. The van der Waals surface area contributed by atoms with Crippen LogP contribution < -0.4 is 10.2 Å². The van der Waals surface area contributed by atoms with Crippen LogP contribution in [-0.4, -0.2) is 30.5 Å². The van der Waals surface area contributed by atoms with Crippen LogP contribution in [0.4, 0.5) is 10.1 Å². The van der Waals surface area contributed by atoms with Crippen molar-refractivity contribution in [3.05, 3.63) is 70.4 Å². The summed E-state index contributed by atoms with van der Waals surface area (Å²) in [5.41, 5.74) is 2.66. The van der Waals surface area contributed by atoms with E-state index in [0.717, 1.165) is 41.5 Å². The number of hydrogen-bond donors (Lipinski definition) is 1. The molecule has 1 N–H and O–H groups in total. The van der Waals surface area contributed by atoms with E-state index in [0.29, 0.717) is 17.5 Å². The molecule has 7 heteroatoms. The summed E-state index contributed by atoms with van der Waals surface area (Å²) < 4.78 is 13.1. The lowest BCUT2D eigenvalue weighted by molar-refractivity contribution is -0.120. The zero-order valence-corrected chi connectivity index (χ0v) is 17.3. The van der Waals surface area contributed by atoms with Crippen molar-refractivity contribution in [1.82, 2.24) is 10.3 Å². The summed E-state index contributed by atoms with van der Waals surface area (Å²) in [5.74, 6) is 0.135. The van der Waals surface area contributed by atoms with Gasteiger partial charge in [-0.1, -0.05) is 29.8 Å². The topological polar surface area (TPSA) is 45.2 Å². The van der Waals surface area contributed by atoms with E-state index in [1.54, 1.807) is 12.1 Å². The van der Waals surface area contributed by atoms with Gasteiger partial charge in [0, 0.05) is 36.3 Å². The van der Waals surface area contributed by atoms with Gasteiger partial charge in [0.15, 0.2) is 0 Å². The zero-order chi connectivity index (χ0) is 20.2. The first-order chi connectivity index (χ1) is 14.1. The monoisotopic (exact) mass is 429 g/mol. The number of carbonyl (C=O) groups excluding carboxylic acids is 1. The maximum absolute atomic E-state index is 13.1. The molecular formula is C22H21ClFN3OS. The fourth-order valence-electron chi connectivity index (χ4n) is 3.52. The van der Waals surface area contributed by atoms with Gasteiger partial charge < -0.3 is 10.2 Å². The molecule has 1 unspecified atom stereocenters. The molecule has 4 nitrogen and oxygen atoms in total. The molecule has 0 aliphatic carbocycles. The third kappa shape index (κ3) is 4.95. The van der Waals surface area contributed by atoms with Gasteiger partial charge in [-0.25, -0.2) is 9.37 Å². The highest BCUT2D eigenvalue weighted by Gasteiger charge is 2.23. The van der Waals surface area contributed by atoms with Gasteiger partial charge in [0.25, 0.3) is 0 Å². The third-order valence-corrected chi connectivity index (χ3v) is 6.32. The lowest BCUT2D eigenvalue weighted by Crippen LogP contribution is -2.32. The lowest BCUT2D eigenvalue weighted by atomic mass is 10.1. The highest BCUT2D eigenvalue weighted by molar-refractivity contribution is 7.13. The summed E-state index contributed by atoms with van der Waals surface area (Å²) in [6, 6.07) is 14.1. The van der Waals surface area contributed by atoms with E-state index < -0.39 is 0 Å². The predicted molar refractivity (Wildman–Crippen MR) is 116 cm³/mol. The van der Waals surface area contributed by atoms with Gasteiger partial charge in [-0.3, -0.25) is 4.79 Å². The van der Waals surface area contributed by atoms with Crippen molar-refractivity contribution < 1.29 is 9.18 Å². The largest absolute Gasteiger partial charge is 0.371 e. The number of nitrogens with one attached hydrogen (secondary N) is 1. The Morgan fingerprint density at radius 2 is 2.03 bits per heavy atom. The highest BCUT2D eigenvalue weighted by Crippen LogP contribution is 2.30. The summed E-state index contributed by atoms with van der Waals surface area (Å²) in [4.78, 5) is 19.1. The highest BCUT2D eigenvalue weighted by atomic mass is 35.5. The molecule has 1 atom stereocenters. The summed E-state index contributed by atoms with van der Waals surface area (Å²) in [6.45, 7) is 2.41. The van der Waals surface area contributed by atoms with Crippen LogP contribution in [0, 0.1) is 11.7 Å². The van der Waals surface area contributed by atoms with Crippen LogP contribution in [0.1, 0.15) is 12.1 Å². The average Bonchev–Trinajstić information content (AvgIpc) is 3.37. The molecule has 1 aliphatic rings. The molecule has 0 spiro atoms. The number of rotatable bonds is 6. The summed E-state index contributed by atoms with van der Waals surface area (Å²) in [7, 11) is 0. The van der Waals surface area contributed by atoms with E-state index in [9.17, 15) is 9.18 Å². The number of benzene rings is 2. The van der Waals surface area contributed by atoms with Crippen LogP contribution in [0.3, 0.4) is 0 Å². The van der Waals surface area contributed by atoms with E-state index >= 15 is 0 Å². The van der Waals surface area contributed by atoms with Crippen molar-refractivity contribution in [2.24, 2.45) is 5.92 Å². The number of aromatic nitrogens is 1. The van der Waals surface area contributed by atoms with Crippen LogP contribution in [0.5, 0.6) is 0 Å². The average molecular weight is 430 g/mol. The molecule has 3 aromatic rings. The summed E-state index contributed by atoms with van der Waals surface area (Å²) in [5, 5.41) is 6.41. The van der Waals surface area contributed by atoms with Gasteiger partial charge in [0.05, 0.1) is 17.1 Å². The predicted octanol–water partition coefficient (Wildman–Crippen LogP) is 4.79. The van der Waals surface area contributed by atoms with Crippen LogP contribution in [-0.2, 0) is 11.2 Å². The third-order valence-electron chi connectivity index (χ3n) is 5.06. The maximum Gasteiger partial charge on any atom is 0.226 e. The van der Waals surface area contributed by atoms with Crippen LogP contribution >= 0.6 is 22.9 Å². The fraction of sp³-hybridized carbons (Fsp3) is 0.273. The normalized spacial score (nSPS) is 16.2. The molecule has 0 radical (unpaired) electrons. The Kier molecular flexibility index (Phi) is 6.11. The zero-order valence-electron chi connectivity index (χ0n) is 15.8. The Morgan fingerprint density at radius 3 is 2.83 bits per heavy atom. The van der Waals surface area contributed by atoms with E-state index in [4.69, 9.17) is 11.6 Å². The van der Waals surface area contributed by atoms with Crippen LogP contribution in [0.15, 0.2) is 53.9 Å². The van der Waals surface area contributed by atoms with Gasteiger partial charge in [0.1, 0.15) is 10.8 Å². The van der Waals surface area contributed by atoms with Crippen molar-refractivity contribution in [3.63, 3.8) is 0 Å². The van der Waals surface area contributed by atoms with Gasteiger partial charge in [-0.2, -0.15) is 0 Å². The maximum atomic E-state index is 13.1. The Bertz CT molecular complexity index is 992. The molecule has 29 heavy (non-hydrogen) atoms. The number of anilines is 1. The van der Waals surface area contributed by atoms with Crippen molar-refractivity contribution >= 4 is 34.5 Å². The first kappa shape index (κ1) is 19.9. The van der Waals surface area contributed by atoms with Crippen molar-refractivity contribution in [2.75, 3.05) is 24.5 Å². The number of thiazole rings is 1. The molecule has 2 heterocycles. The number of carbonyl (C=O) groups is 1. The molecular weight excluding hydrogens is 409 g/mol. The number of amides is 1. The number of hydrogen-bond acceptors (Lipinski definition) is 4. The van der Waals surface area contributed by atoms with E-state index in [1.165, 1.54) is 23.5 Å². The molecule has 1 aliphatic heterocycles. The quantitative estimate of drug-likeness (QED) is 0.612. The minimum Gasteiger partial charge on any atom is -0.371 e. The van der Waals surface area contributed by atoms with Crippen molar-refractivity contribution in [2.45, 2.75) is 12.8 Å². The molecule has 1 saturated heterocycles. The minimum atomic E-state index is -0.225.